The largest absolute Gasteiger partial charge is 0.347 e. The summed E-state index contributed by atoms with van der Waals surface area (Å²) >= 11 is 12.7. The molecule has 0 radical (unpaired) electrons. The zero-order valence-electron chi connectivity index (χ0n) is 19.9. The molecule has 2 heterocycles. The zero-order chi connectivity index (χ0) is 26.5. The van der Waals surface area contributed by atoms with Crippen LogP contribution in [-0.2, 0) is 4.79 Å². The van der Waals surface area contributed by atoms with E-state index in [1.807, 2.05) is 12.1 Å². The van der Waals surface area contributed by atoms with Crippen molar-refractivity contribution in [1.29, 1.82) is 0 Å². The molecular weight excluding hydrogens is 515 g/mol. The molecule has 0 bridgehead atoms. The lowest BCUT2D eigenvalue weighted by molar-refractivity contribution is -0.127. The van der Waals surface area contributed by atoms with E-state index in [1.165, 1.54) is 21.7 Å². The van der Waals surface area contributed by atoms with Gasteiger partial charge in [-0.3, -0.25) is 19.4 Å². The van der Waals surface area contributed by atoms with Crippen molar-refractivity contribution >= 4 is 46.7 Å². The molecule has 3 amide bonds. The van der Waals surface area contributed by atoms with E-state index >= 15 is 0 Å². The quantitative estimate of drug-likeness (QED) is 0.365. The van der Waals surface area contributed by atoms with Crippen LogP contribution in [-0.4, -0.2) is 58.0 Å². The van der Waals surface area contributed by atoms with E-state index in [0.29, 0.717) is 22.0 Å². The molecular formula is C26H22Cl2N6O3. The Bertz CT molecular complexity index is 1460. The molecule has 188 valence electrons. The summed E-state index contributed by atoms with van der Waals surface area (Å²) in [5, 5.41) is 10.2. The second-order valence-electron chi connectivity index (χ2n) is 8.11. The van der Waals surface area contributed by atoms with E-state index in [-0.39, 0.29) is 34.5 Å². The molecule has 0 aliphatic carbocycles. The third-order valence-electron chi connectivity index (χ3n) is 5.33. The first-order valence-electron chi connectivity index (χ1n) is 11.1. The number of rotatable bonds is 7. The highest BCUT2D eigenvalue weighted by Gasteiger charge is 2.21. The summed E-state index contributed by atoms with van der Waals surface area (Å²) in [5.74, 6) is -1.15. The number of hydrogen-bond donors (Lipinski definition) is 2. The predicted octanol–water partition coefficient (Wildman–Crippen LogP) is 4.31. The van der Waals surface area contributed by atoms with Crippen LogP contribution in [0.15, 0.2) is 72.9 Å². The Balaban J connectivity index is 1.66. The minimum Gasteiger partial charge on any atom is -0.347 e. The van der Waals surface area contributed by atoms with E-state index in [2.05, 4.69) is 20.7 Å². The molecule has 0 aliphatic heterocycles. The van der Waals surface area contributed by atoms with Crippen molar-refractivity contribution in [1.82, 2.24) is 25.0 Å². The number of halogens is 2. The summed E-state index contributed by atoms with van der Waals surface area (Å²) in [7, 11) is 3.18. The van der Waals surface area contributed by atoms with Gasteiger partial charge >= 0.3 is 0 Å². The lowest BCUT2D eigenvalue weighted by atomic mass is 10.1. The lowest BCUT2D eigenvalue weighted by Gasteiger charge is -2.12. The summed E-state index contributed by atoms with van der Waals surface area (Å²) in [5.41, 5.74) is 1.91. The molecule has 2 aromatic heterocycles. The van der Waals surface area contributed by atoms with Gasteiger partial charge in [0.1, 0.15) is 5.82 Å². The molecule has 0 fully saturated rings. The topological polar surface area (TPSA) is 109 Å². The number of aromatic nitrogens is 3. The number of likely N-dealkylation sites (N-methyl/N-ethyl adjacent to an activating group) is 1. The molecule has 4 aromatic rings. The van der Waals surface area contributed by atoms with Crippen LogP contribution in [0.2, 0.25) is 10.0 Å². The van der Waals surface area contributed by atoms with Crippen LogP contribution in [0, 0.1) is 0 Å². The van der Waals surface area contributed by atoms with Crippen molar-refractivity contribution in [2.75, 3.05) is 26.0 Å². The Morgan fingerprint density at radius 2 is 1.65 bits per heavy atom. The highest BCUT2D eigenvalue weighted by molar-refractivity contribution is 6.38. The van der Waals surface area contributed by atoms with Crippen LogP contribution in [0.1, 0.15) is 20.8 Å². The lowest BCUT2D eigenvalue weighted by Crippen LogP contribution is -2.36. The van der Waals surface area contributed by atoms with Crippen LogP contribution < -0.4 is 10.6 Å². The number of anilines is 1. The van der Waals surface area contributed by atoms with Gasteiger partial charge in [-0.1, -0.05) is 47.5 Å². The van der Waals surface area contributed by atoms with Crippen LogP contribution in [0.4, 0.5) is 5.82 Å². The van der Waals surface area contributed by atoms with Gasteiger partial charge in [0.2, 0.25) is 5.91 Å². The van der Waals surface area contributed by atoms with E-state index in [1.54, 1.807) is 62.8 Å². The molecule has 0 aliphatic rings. The molecule has 2 N–H and O–H groups in total. The first-order chi connectivity index (χ1) is 17.7. The maximum absolute atomic E-state index is 13.3. The summed E-state index contributed by atoms with van der Waals surface area (Å²) in [6, 6.07) is 18.8. The van der Waals surface area contributed by atoms with Gasteiger partial charge in [0.05, 0.1) is 33.5 Å². The molecule has 0 saturated carbocycles. The average molecular weight is 537 g/mol. The normalized spacial score (nSPS) is 10.6. The molecule has 0 unspecified atom stereocenters. The number of benzene rings is 2. The Morgan fingerprint density at radius 1 is 0.919 bits per heavy atom. The molecule has 0 atom stereocenters. The zero-order valence-corrected chi connectivity index (χ0v) is 21.4. The number of nitrogens with zero attached hydrogens (tertiary/aromatic N) is 4. The number of hydrogen-bond acceptors (Lipinski definition) is 5. The number of pyridine rings is 1. The second kappa shape index (κ2) is 11.2. The predicted molar refractivity (Wildman–Crippen MR) is 142 cm³/mol. The van der Waals surface area contributed by atoms with Gasteiger partial charge in [0.25, 0.3) is 11.8 Å². The fourth-order valence-electron chi connectivity index (χ4n) is 3.38. The smallest absolute Gasteiger partial charge is 0.272 e. The molecule has 11 heteroatoms. The third-order valence-corrected chi connectivity index (χ3v) is 5.95. The van der Waals surface area contributed by atoms with Crippen LogP contribution in [0.5, 0.6) is 0 Å². The third kappa shape index (κ3) is 5.96. The Hall–Kier alpha value is -4.21. The Kier molecular flexibility index (Phi) is 7.86. The van der Waals surface area contributed by atoms with Crippen molar-refractivity contribution in [2.45, 2.75) is 0 Å². The number of carbonyl (C=O) groups excluding carboxylic acids is 3. The number of amides is 3. The minimum atomic E-state index is -0.567. The number of para-hydroxylation sites is 1. The SMILES string of the molecule is CN(C)C(=O)CNC(=O)c1cc(NC(=O)c2cc(-c3ccccn3)c(Cl)cc2Cl)n(-c2ccccc2)n1. The molecule has 0 saturated heterocycles. The summed E-state index contributed by atoms with van der Waals surface area (Å²) in [6.45, 7) is -0.192. The highest BCUT2D eigenvalue weighted by Crippen LogP contribution is 2.32. The molecule has 9 nitrogen and oxygen atoms in total. The van der Waals surface area contributed by atoms with E-state index in [4.69, 9.17) is 23.2 Å². The second-order valence-corrected chi connectivity index (χ2v) is 8.93. The molecule has 37 heavy (non-hydrogen) atoms. The van der Waals surface area contributed by atoms with Gasteiger partial charge in [-0.25, -0.2) is 4.68 Å². The van der Waals surface area contributed by atoms with E-state index < -0.39 is 11.8 Å². The summed E-state index contributed by atoms with van der Waals surface area (Å²) in [4.78, 5) is 43.6. The van der Waals surface area contributed by atoms with Gasteiger partial charge in [-0.05, 0) is 36.4 Å². The van der Waals surface area contributed by atoms with Gasteiger partial charge in [-0.15, -0.1) is 0 Å². The molecule has 2 aromatic carbocycles. The fourth-order valence-corrected chi connectivity index (χ4v) is 3.94. The highest BCUT2D eigenvalue weighted by atomic mass is 35.5. The van der Waals surface area contributed by atoms with Gasteiger partial charge < -0.3 is 15.5 Å². The molecule has 0 spiro atoms. The minimum absolute atomic E-state index is 0.0158. The van der Waals surface area contributed by atoms with Gasteiger partial charge in [-0.2, -0.15) is 5.10 Å². The Labute approximate surface area is 223 Å². The van der Waals surface area contributed by atoms with Crippen LogP contribution in [0.25, 0.3) is 16.9 Å². The van der Waals surface area contributed by atoms with Gasteiger partial charge in [0.15, 0.2) is 5.69 Å². The fraction of sp³-hybridized carbons (Fsp3) is 0.115. The molecule has 4 rings (SSSR count). The standard InChI is InChI=1S/C26H22Cl2N6O3/c1-33(2)24(35)15-30-26(37)22-14-23(34(32-22)16-8-4-3-5-9-16)31-25(36)18-12-17(19(27)13-20(18)28)21-10-6-7-11-29-21/h3-14H,15H2,1-2H3,(H,30,37)(H,31,36). The summed E-state index contributed by atoms with van der Waals surface area (Å²) < 4.78 is 1.42. The van der Waals surface area contributed by atoms with E-state index in [0.717, 1.165) is 0 Å². The van der Waals surface area contributed by atoms with Crippen LogP contribution in [0.3, 0.4) is 0 Å². The maximum Gasteiger partial charge on any atom is 0.272 e. The van der Waals surface area contributed by atoms with Crippen LogP contribution >= 0.6 is 23.2 Å². The summed E-state index contributed by atoms with van der Waals surface area (Å²) in [6.07, 6.45) is 1.62. The monoisotopic (exact) mass is 536 g/mol. The van der Waals surface area contributed by atoms with Gasteiger partial charge in [0, 0.05) is 31.9 Å². The first-order valence-corrected chi connectivity index (χ1v) is 11.9. The maximum atomic E-state index is 13.3. The van der Waals surface area contributed by atoms with Crippen molar-refractivity contribution < 1.29 is 14.4 Å². The van der Waals surface area contributed by atoms with Crippen molar-refractivity contribution in [3.05, 3.63) is 94.2 Å². The first kappa shape index (κ1) is 25.9. The van der Waals surface area contributed by atoms with Crippen molar-refractivity contribution in [3.8, 4) is 16.9 Å². The van der Waals surface area contributed by atoms with Crippen molar-refractivity contribution in [2.24, 2.45) is 0 Å². The Morgan fingerprint density at radius 3 is 2.32 bits per heavy atom. The number of carbonyl (C=O) groups is 3. The van der Waals surface area contributed by atoms with E-state index in [9.17, 15) is 14.4 Å². The number of nitrogens with one attached hydrogen (secondary N) is 2. The average Bonchev–Trinajstić information content (AvgIpc) is 3.31. The van der Waals surface area contributed by atoms with Crippen molar-refractivity contribution in [3.63, 3.8) is 0 Å².